The molecule has 1 aliphatic carbocycles. The van der Waals surface area contributed by atoms with E-state index in [-0.39, 0.29) is 4.91 Å². The molecule has 1 N–H and O–H groups in total. The van der Waals surface area contributed by atoms with Gasteiger partial charge in [0.15, 0.2) is 0 Å². The number of fused-ring (bicyclic) bond motifs is 1. The summed E-state index contributed by atoms with van der Waals surface area (Å²) in [6, 6.07) is 6.43. The van der Waals surface area contributed by atoms with Crippen LogP contribution in [0.25, 0.3) is 4.91 Å². The molecule has 0 heterocycles. The van der Waals surface area contributed by atoms with Gasteiger partial charge in [0, 0.05) is 10.7 Å². The second-order valence-electron chi connectivity index (χ2n) is 3.37. The second kappa shape index (κ2) is 3.61. The molecule has 84 valence electrons. The van der Waals surface area contributed by atoms with E-state index in [1.54, 1.807) is 24.3 Å². The van der Waals surface area contributed by atoms with Crippen LogP contribution in [0.5, 0.6) is 0 Å². The predicted molar refractivity (Wildman–Crippen MR) is 59.6 cm³/mol. The summed E-state index contributed by atoms with van der Waals surface area (Å²) in [5.74, 6) is -2.04. The lowest BCUT2D eigenvalue weighted by molar-refractivity contribution is -0.137. The summed E-state index contributed by atoms with van der Waals surface area (Å²) in [5.41, 5.74) is 0.819. The van der Waals surface area contributed by atoms with Gasteiger partial charge in [0.25, 0.3) is 9.05 Å². The number of hydrogen-bond acceptors (Lipinski definition) is 3. The Bertz CT molecular complexity index is 589. The highest BCUT2D eigenvalue weighted by Gasteiger charge is 2.33. The van der Waals surface area contributed by atoms with Gasteiger partial charge in [-0.25, -0.2) is 8.42 Å². The number of rotatable bonds is 2. The summed E-state index contributed by atoms with van der Waals surface area (Å²) in [7, 11) is 1.34. The van der Waals surface area contributed by atoms with E-state index in [0.717, 1.165) is 6.08 Å². The Morgan fingerprint density at radius 3 is 2.50 bits per heavy atom. The molecule has 0 saturated carbocycles. The third kappa shape index (κ3) is 1.72. The zero-order valence-electron chi connectivity index (χ0n) is 7.92. The average Bonchev–Trinajstić information content (AvgIpc) is 2.56. The minimum Gasteiger partial charge on any atom is -0.481 e. The van der Waals surface area contributed by atoms with Gasteiger partial charge in [-0.3, -0.25) is 4.79 Å². The molecule has 1 atom stereocenters. The summed E-state index contributed by atoms with van der Waals surface area (Å²) in [6.45, 7) is 0. The minimum absolute atomic E-state index is 0.128. The zero-order valence-corrected chi connectivity index (χ0v) is 9.49. The maximum absolute atomic E-state index is 11.3. The zero-order chi connectivity index (χ0) is 11.9. The van der Waals surface area contributed by atoms with Gasteiger partial charge in [0.1, 0.15) is 5.92 Å². The molecule has 0 amide bonds. The Morgan fingerprint density at radius 2 is 1.94 bits per heavy atom. The van der Waals surface area contributed by atoms with Crippen molar-refractivity contribution in [3.05, 3.63) is 41.5 Å². The molecule has 0 aromatic heterocycles. The fraction of sp³-hybridized carbons (Fsp3) is 0.100. The molecule has 1 aliphatic rings. The molecule has 6 heteroatoms. The van der Waals surface area contributed by atoms with E-state index in [9.17, 15) is 13.2 Å². The van der Waals surface area contributed by atoms with Gasteiger partial charge in [0.05, 0.1) is 4.91 Å². The Labute approximate surface area is 96.6 Å². The molecule has 0 fully saturated rings. The molecule has 16 heavy (non-hydrogen) atoms. The molecule has 1 aromatic carbocycles. The molecule has 0 aliphatic heterocycles. The van der Waals surface area contributed by atoms with Crippen molar-refractivity contribution in [3.63, 3.8) is 0 Å². The van der Waals surface area contributed by atoms with E-state index >= 15 is 0 Å². The first kappa shape index (κ1) is 11.2. The molecule has 1 aromatic rings. The summed E-state index contributed by atoms with van der Waals surface area (Å²) >= 11 is 0. The molecule has 0 bridgehead atoms. The lowest BCUT2D eigenvalue weighted by Crippen LogP contribution is -2.06. The smallest absolute Gasteiger partial charge is 0.314 e. The van der Waals surface area contributed by atoms with Crippen molar-refractivity contribution in [1.82, 2.24) is 0 Å². The molecule has 2 rings (SSSR count). The number of hydrogen-bond donors (Lipinski definition) is 1. The average molecular weight is 259 g/mol. The SMILES string of the molecule is O=C(O)C1C=C(S(=O)(=O)Cl)c2ccccc21. The van der Waals surface area contributed by atoms with Crippen LogP contribution in [0, 0.1) is 0 Å². The largest absolute Gasteiger partial charge is 0.481 e. The third-order valence-electron chi connectivity index (χ3n) is 2.41. The minimum atomic E-state index is -3.91. The Kier molecular flexibility index (Phi) is 2.52. The summed E-state index contributed by atoms with van der Waals surface area (Å²) in [4.78, 5) is 10.8. The number of carboxylic acids is 1. The van der Waals surface area contributed by atoms with Crippen LogP contribution in [0.3, 0.4) is 0 Å². The first-order valence-electron chi connectivity index (χ1n) is 4.40. The maximum Gasteiger partial charge on any atom is 0.314 e. The summed E-state index contributed by atoms with van der Waals surface area (Å²) in [5, 5.41) is 8.96. The van der Waals surface area contributed by atoms with E-state index in [4.69, 9.17) is 15.8 Å². The van der Waals surface area contributed by atoms with Crippen LogP contribution in [0.15, 0.2) is 30.3 Å². The van der Waals surface area contributed by atoms with Crippen molar-refractivity contribution in [2.75, 3.05) is 0 Å². The number of carbonyl (C=O) groups is 1. The Hall–Kier alpha value is -1.33. The maximum atomic E-state index is 11.3. The topological polar surface area (TPSA) is 71.4 Å². The van der Waals surface area contributed by atoms with E-state index in [1.807, 2.05) is 0 Å². The van der Waals surface area contributed by atoms with Crippen molar-refractivity contribution in [3.8, 4) is 0 Å². The standard InChI is InChI=1S/C10H7ClO4S/c11-16(14,15)9-5-8(10(12)13)6-3-1-2-4-7(6)9/h1-5,8H,(H,12,13). The molecule has 0 spiro atoms. The van der Waals surface area contributed by atoms with Crippen LogP contribution in [0.1, 0.15) is 17.0 Å². The van der Waals surface area contributed by atoms with Gasteiger partial charge in [-0.1, -0.05) is 24.3 Å². The summed E-state index contributed by atoms with van der Waals surface area (Å²) < 4.78 is 22.5. The van der Waals surface area contributed by atoms with Gasteiger partial charge in [-0.05, 0) is 17.2 Å². The number of aliphatic carboxylic acids is 1. The van der Waals surface area contributed by atoms with Gasteiger partial charge >= 0.3 is 5.97 Å². The lowest BCUT2D eigenvalue weighted by Gasteiger charge is -2.04. The molecular weight excluding hydrogens is 252 g/mol. The summed E-state index contributed by atoms with van der Waals surface area (Å²) in [6.07, 6.45) is 1.16. The van der Waals surface area contributed by atoms with Crippen LogP contribution >= 0.6 is 10.7 Å². The third-order valence-corrected chi connectivity index (χ3v) is 3.79. The van der Waals surface area contributed by atoms with Crippen LogP contribution in [0.2, 0.25) is 0 Å². The Morgan fingerprint density at radius 1 is 1.31 bits per heavy atom. The predicted octanol–water partition coefficient (Wildman–Crippen LogP) is 1.78. The molecule has 0 radical (unpaired) electrons. The van der Waals surface area contributed by atoms with Crippen molar-refractivity contribution in [1.29, 1.82) is 0 Å². The molecule has 1 unspecified atom stereocenters. The van der Waals surface area contributed by atoms with Gasteiger partial charge in [0.2, 0.25) is 0 Å². The van der Waals surface area contributed by atoms with Gasteiger partial charge in [-0.2, -0.15) is 0 Å². The highest BCUT2D eigenvalue weighted by Crippen LogP contribution is 2.39. The number of halogens is 1. The van der Waals surface area contributed by atoms with Crippen molar-refractivity contribution >= 4 is 30.6 Å². The van der Waals surface area contributed by atoms with Gasteiger partial charge in [-0.15, -0.1) is 0 Å². The van der Waals surface area contributed by atoms with E-state index in [0.29, 0.717) is 11.1 Å². The van der Waals surface area contributed by atoms with Crippen molar-refractivity contribution in [2.45, 2.75) is 5.92 Å². The van der Waals surface area contributed by atoms with Crippen LogP contribution < -0.4 is 0 Å². The number of benzene rings is 1. The van der Waals surface area contributed by atoms with E-state index < -0.39 is 20.9 Å². The van der Waals surface area contributed by atoms with Crippen molar-refractivity contribution < 1.29 is 18.3 Å². The lowest BCUT2D eigenvalue weighted by atomic mass is 10.0. The molecule has 0 saturated heterocycles. The van der Waals surface area contributed by atoms with Gasteiger partial charge < -0.3 is 5.11 Å². The monoisotopic (exact) mass is 258 g/mol. The number of carboxylic acid groups (broad SMARTS) is 1. The fourth-order valence-electron chi connectivity index (χ4n) is 1.74. The Balaban J connectivity index is 2.67. The molecule has 4 nitrogen and oxygen atoms in total. The second-order valence-corrected chi connectivity index (χ2v) is 5.91. The highest BCUT2D eigenvalue weighted by molar-refractivity contribution is 8.21. The van der Waals surface area contributed by atoms with Crippen LogP contribution in [-0.4, -0.2) is 19.5 Å². The first-order chi connectivity index (χ1) is 7.41. The van der Waals surface area contributed by atoms with Crippen LogP contribution in [0.4, 0.5) is 0 Å². The van der Waals surface area contributed by atoms with Crippen molar-refractivity contribution in [2.24, 2.45) is 0 Å². The highest BCUT2D eigenvalue weighted by atomic mass is 35.7. The van der Waals surface area contributed by atoms with E-state index in [2.05, 4.69) is 0 Å². The fourth-order valence-corrected chi connectivity index (χ4v) is 2.89. The van der Waals surface area contributed by atoms with E-state index in [1.165, 1.54) is 0 Å². The van der Waals surface area contributed by atoms with Crippen LogP contribution in [-0.2, 0) is 13.8 Å². The first-order valence-corrected chi connectivity index (χ1v) is 6.71. The normalized spacial score (nSPS) is 19.1. The quantitative estimate of drug-likeness (QED) is 0.821. The molecular formula is C10H7ClO4S.